The van der Waals surface area contributed by atoms with Gasteiger partial charge in [-0.2, -0.15) is 5.26 Å². The quantitative estimate of drug-likeness (QED) is 0.756. The molecule has 3 nitrogen and oxygen atoms in total. The molecule has 0 radical (unpaired) electrons. The van der Waals surface area contributed by atoms with E-state index >= 15 is 0 Å². The van der Waals surface area contributed by atoms with E-state index in [2.05, 4.69) is 40.3 Å². The first-order chi connectivity index (χ1) is 9.83. The maximum absolute atomic E-state index is 8.94. The highest BCUT2D eigenvalue weighted by Gasteiger charge is 2.23. The molecular weight excluding hydrogens is 246 g/mol. The number of nitrogens with zero attached hydrogens (tertiary/aromatic N) is 2. The average molecular weight is 259 g/mol. The fraction of sp³-hybridized carbons (Fsp3) is 0.176. The van der Waals surface area contributed by atoms with Gasteiger partial charge in [0.05, 0.1) is 22.7 Å². The van der Waals surface area contributed by atoms with Gasteiger partial charge in [-0.1, -0.05) is 18.2 Å². The minimum Gasteiger partial charge on any atom is -0.338 e. The van der Waals surface area contributed by atoms with Crippen molar-refractivity contribution in [3.05, 3.63) is 53.6 Å². The molecule has 0 atom stereocenters. The normalized spacial score (nSPS) is 14.3. The van der Waals surface area contributed by atoms with Crippen molar-refractivity contribution >= 4 is 11.0 Å². The average Bonchev–Trinajstić information content (AvgIpc) is 3.26. The lowest BCUT2D eigenvalue weighted by Gasteiger charge is -2.01. The monoisotopic (exact) mass is 259 g/mol. The van der Waals surface area contributed by atoms with Crippen LogP contribution in [0.2, 0.25) is 0 Å². The van der Waals surface area contributed by atoms with Crippen LogP contribution in [0.3, 0.4) is 0 Å². The fourth-order valence-corrected chi connectivity index (χ4v) is 2.57. The Kier molecular flexibility index (Phi) is 2.37. The second kappa shape index (κ2) is 4.21. The van der Waals surface area contributed by atoms with Crippen LogP contribution in [0, 0.1) is 11.3 Å². The number of aromatic amines is 1. The largest absolute Gasteiger partial charge is 0.338 e. The summed E-state index contributed by atoms with van der Waals surface area (Å²) in [5.41, 5.74) is 4.98. The van der Waals surface area contributed by atoms with E-state index in [-0.39, 0.29) is 0 Å². The number of rotatable bonds is 2. The molecule has 1 fully saturated rings. The number of nitrogens with one attached hydrogen (secondary N) is 1. The van der Waals surface area contributed by atoms with Crippen molar-refractivity contribution in [2.45, 2.75) is 18.8 Å². The molecular formula is C17H13N3. The van der Waals surface area contributed by atoms with Gasteiger partial charge in [0.2, 0.25) is 0 Å². The highest BCUT2D eigenvalue weighted by atomic mass is 14.9. The SMILES string of the molecule is N#Cc1ccc2nc(-c3cccc(C4CC4)c3)[nH]c2c1. The van der Waals surface area contributed by atoms with Crippen molar-refractivity contribution in [1.82, 2.24) is 9.97 Å². The van der Waals surface area contributed by atoms with E-state index in [1.165, 1.54) is 18.4 Å². The highest BCUT2D eigenvalue weighted by Crippen LogP contribution is 2.40. The predicted octanol–water partition coefficient (Wildman–Crippen LogP) is 3.98. The first kappa shape index (κ1) is 11.2. The number of benzene rings is 2. The smallest absolute Gasteiger partial charge is 0.138 e. The van der Waals surface area contributed by atoms with Gasteiger partial charge in [-0.15, -0.1) is 0 Å². The maximum Gasteiger partial charge on any atom is 0.138 e. The molecule has 2 aromatic carbocycles. The molecule has 1 saturated carbocycles. The summed E-state index contributed by atoms with van der Waals surface area (Å²) in [6.07, 6.45) is 2.60. The van der Waals surface area contributed by atoms with Crippen LogP contribution in [-0.2, 0) is 0 Å². The summed E-state index contributed by atoms with van der Waals surface area (Å²) in [5, 5.41) is 8.94. The Morgan fingerprint density at radius 3 is 2.85 bits per heavy atom. The van der Waals surface area contributed by atoms with E-state index in [0.29, 0.717) is 5.56 Å². The summed E-state index contributed by atoms with van der Waals surface area (Å²) in [5.74, 6) is 1.61. The van der Waals surface area contributed by atoms with Crippen molar-refractivity contribution < 1.29 is 0 Å². The summed E-state index contributed by atoms with van der Waals surface area (Å²) in [6.45, 7) is 0. The van der Waals surface area contributed by atoms with Crippen molar-refractivity contribution in [2.24, 2.45) is 0 Å². The van der Waals surface area contributed by atoms with Crippen LogP contribution in [0.15, 0.2) is 42.5 Å². The molecule has 1 heterocycles. The Labute approximate surface area is 116 Å². The van der Waals surface area contributed by atoms with Crippen LogP contribution in [0.25, 0.3) is 22.4 Å². The molecule has 1 aliphatic carbocycles. The van der Waals surface area contributed by atoms with Crippen LogP contribution in [0.1, 0.15) is 29.9 Å². The number of nitriles is 1. The molecule has 0 unspecified atom stereocenters. The third-order valence-corrected chi connectivity index (χ3v) is 3.82. The number of hydrogen-bond acceptors (Lipinski definition) is 2. The lowest BCUT2D eigenvalue weighted by Crippen LogP contribution is -1.84. The molecule has 0 bridgehead atoms. The van der Waals surface area contributed by atoms with Gasteiger partial charge in [-0.25, -0.2) is 4.98 Å². The van der Waals surface area contributed by atoms with E-state index < -0.39 is 0 Å². The van der Waals surface area contributed by atoms with E-state index in [1.807, 2.05) is 12.1 Å². The van der Waals surface area contributed by atoms with Gasteiger partial charge < -0.3 is 4.98 Å². The number of H-pyrrole nitrogens is 1. The van der Waals surface area contributed by atoms with Gasteiger partial charge in [0, 0.05) is 5.56 Å². The molecule has 0 saturated heterocycles. The molecule has 4 rings (SSSR count). The zero-order valence-corrected chi connectivity index (χ0v) is 10.9. The third-order valence-electron chi connectivity index (χ3n) is 3.82. The Balaban J connectivity index is 1.81. The van der Waals surface area contributed by atoms with Crippen LogP contribution in [0.4, 0.5) is 0 Å². The zero-order valence-electron chi connectivity index (χ0n) is 10.9. The van der Waals surface area contributed by atoms with Gasteiger partial charge >= 0.3 is 0 Å². The van der Waals surface area contributed by atoms with E-state index in [9.17, 15) is 0 Å². The second-order valence-corrected chi connectivity index (χ2v) is 5.33. The lowest BCUT2D eigenvalue weighted by molar-refractivity contribution is 1.13. The Morgan fingerprint density at radius 1 is 1.15 bits per heavy atom. The summed E-state index contributed by atoms with van der Waals surface area (Å²) >= 11 is 0. The molecule has 96 valence electrons. The van der Waals surface area contributed by atoms with Crippen molar-refractivity contribution in [1.29, 1.82) is 5.26 Å². The third kappa shape index (κ3) is 1.86. The molecule has 0 amide bonds. The Hall–Kier alpha value is -2.60. The lowest BCUT2D eigenvalue weighted by atomic mass is 10.1. The van der Waals surface area contributed by atoms with E-state index in [4.69, 9.17) is 5.26 Å². The maximum atomic E-state index is 8.94. The van der Waals surface area contributed by atoms with E-state index in [1.54, 1.807) is 6.07 Å². The number of imidazole rings is 1. The minimum atomic E-state index is 0.652. The van der Waals surface area contributed by atoms with Crippen molar-refractivity contribution in [3.63, 3.8) is 0 Å². The predicted molar refractivity (Wildman–Crippen MR) is 78.2 cm³/mol. The topological polar surface area (TPSA) is 52.5 Å². The first-order valence-corrected chi connectivity index (χ1v) is 6.84. The van der Waals surface area contributed by atoms with Gasteiger partial charge in [-0.3, -0.25) is 0 Å². The van der Waals surface area contributed by atoms with Crippen LogP contribution < -0.4 is 0 Å². The molecule has 3 heteroatoms. The summed E-state index contributed by atoms with van der Waals surface area (Å²) in [7, 11) is 0. The summed E-state index contributed by atoms with van der Waals surface area (Å²) < 4.78 is 0. The zero-order chi connectivity index (χ0) is 13.5. The minimum absolute atomic E-state index is 0.652. The Morgan fingerprint density at radius 2 is 2.05 bits per heavy atom. The summed E-state index contributed by atoms with van der Waals surface area (Å²) in [6, 6.07) is 16.3. The molecule has 1 N–H and O–H groups in total. The Bertz CT molecular complexity index is 835. The molecule has 3 aromatic rings. The second-order valence-electron chi connectivity index (χ2n) is 5.33. The number of aromatic nitrogens is 2. The molecule has 20 heavy (non-hydrogen) atoms. The highest BCUT2D eigenvalue weighted by molar-refractivity contribution is 5.80. The molecule has 1 aromatic heterocycles. The molecule has 1 aliphatic rings. The summed E-state index contributed by atoms with van der Waals surface area (Å²) in [4.78, 5) is 7.93. The van der Waals surface area contributed by atoms with Crippen LogP contribution >= 0.6 is 0 Å². The molecule has 0 spiro atoms. The van der Waals surface area contributed by atoms with Crippen molar-refractivity contribution in [2.75, 3.05) is 0 Å². The number of hydrogen-bond donors (Lipinski definition) is 1. The fourth-order valence-electron chi connectivity index (χ4n) is 2.57. The van der Waals surface area contributed by atoms with Crippen LogP contribution in [-0.4, -0.2) is 9.97 Å². The number of fused-ring (bicyclic) bond motifs is 1. The van der Waals surface area contributed by atoms with E-state index in [0.717, 1.165) is 28.3 Å². The van der Waals surface area contributed by atoms with Gasteiger partial charge in [-0.05, 0) is 48.6 Å². The van der Waals surface area contributed by atoms with Crippen LogP contribution in [0.5, 0.6) is 0 Å². The molecule has 0 aliphatic heterocycles. The first-order valence-electron chi connectivity index (χ1n) is 6.84. The standard InChI is InChI=1S/C17H13N3/c18-10-11-4-7-15-16(8-11)20-17(19-15)14-3-1-2-13(9-14)12-5-6-12/h1-4,7-9,12H,5-6H2,(H,19,20). The van der Waals surface area contributed by atoms with Gasteiger partial charge in [0.1, 0.15) is 5.82 Å². The van der Waals surface area contributed by atoms with Crippen molar-refractivity contribution in [3.8, 4) is 17.5 Å². The van der Waals surface area contributed by atoms with Gasteiger partial charge in [0.15, 0.2) is 0 Å². The van der Waals surface area contributed by atoms with Gasteiger partial charge in [0.25, 0.3) is 0 Å².